The maximum absolute atomic E-state index is 12.8. The first-order chi connectivity index (χ1) is 16.3. The van der Waals surface area contributed by atoms with Crippen LogP contribution in [0, 0.1) is 0 Å². The molecule has 0 spiro atoms. The molecule has 2 heterocycles. The summed E-state index contributed by atoms with van der Waals surface area (Å²) in [6.45, 7) is 5.62. The molecule has 0 unspecified atom stereocenters. The second kappa shape index (κ2) is 10.4. The molecule has 1 fully saturated rings. The average Bonchev–Trinajstić information content (AvgIpc) is 3.19. The number of thiazole rings is 1. The molecule has 0 atom stereocenters. The number of anilines is 4. The number of nitrogens with two attached hydrogens (primary N) is 1. The van der Waals surface area contributed by atoms with Crippen molar-refractivity contribution in [3.8, 4) is 5.75 Å². The number of piperazine rings is 1. The number of rotatable bonds is 8. The zero-order valence-corrected chi connectivity index (χ0v) is 19.8. The SMILES string of the molecule is CC(C)N1CCN(c2ccc(Nc3nc(N)c(C(=O)c4ccc(OC(F)F)cc4)s3)cc2)CC1. The van der Waals surface area contributed by atoms with Gasteiger partial charge in [0.15, 0.2) is 5.13 Å². The Balaban J connectivity index is 1.39. The lowest BCUT2D eigenvalue weighted by atomic mass is 10.1. The number of carbonyl (C=O) groups excluding carboxylic acids is 1. The van der Waals surface area contributed by atoms with Crippen molar-refractivity contribution in [1.29, 1.82) is 0 Å². The molecule has 3 N–H and O–H groups in total. The molecule has 7 nitrogen and oxygen atoms in total. The van der Waals surface area contributed by atoms with Gasteiger partial charge in [-0.3, -0.25) is 9.69 Å². The number of ether oxygens (including phenoxy) is 1. The van der Waals surface area contributed by atoms with Crippen LogP contribution < -0.4 is 20.7 Å². The number of benzene rings is 2. The molecule has 0 saturated carbocycles. The third-order valence-electron chi connectivity index (χ3n) is 5.73. The number of ketones is 1. The van der Waals surface area contributed by atoms with Crippen LogP contribution in [0.15, 0.2) is 48.5 Å². The summed E-state index contributed by atoms with van der Waals surface area (Å²) in [5.41, 5.74) is 8.31. The Morgan fingerprint density at radius 3 is 2.29 bits per heavy atom. The van der Waals surface area contributed by atoms with Crippen LogP contribution in [-0.4, -0.2) is 54.5 Å². The fourth-order valence-corrected chi connectivity index (χ4v) is 4.71. The van der Waals surface area contributed by atoms with E-state index in [2.05, 4.69) is 50.8 Å². The van der Waals surface area contributed by atoms with Crippen LogP contribution in [0.3, 0.4) is 0 Å². The third-order valence-corrected chi connectivity index (χ3v) is 6.71. The first-order valence-electron chi connectivity index (χ1n) is 11.0. The van der Waals surface area contributed by atoms with E-state index in [0.29, 0.717) is 16.7 Å². The molecular formula is C24H27F2N5O2S. The lowest BCUT2D eigenvalue weighted by Crippen LogP contribution is -2.48. The Morgan fingerprint density at radius 1 is 1.06 bits per heavy atom. The predicted octanol–water partition coefficient (Wildman–Crippen LogP) is 4.83. The zero-order valence-electron chi connectivity index (χ0n) is 19.0. The summed E-state index contributed by atoms with van der Waals surface area (Å²) < 4.78 is 28.9. The van der Waals surface area contributed by atoms with Crippen molar-refractivity contribution < 1.29 is 18.3 Å². The van der Waals surface area contributed by atoms with Gasteiger partial charge < -0.3 is 20.7 Å². The van der Waals surface area contributed by atoms with Gasteiger partial charge in [-0.2, -0.15) is 8.78 Å². The Labute approximate surface area is 201 Å². The number of halogens is 2. The summed E-state index contributed by atoms with van der Waals surface area (Å²) in [4.78, 5) is 22.2. The fourth-order valence-electron chi connectivity index (χ4n) is 3.84. The largest absolute Gasteiger partial charge is 0.435 e. The van der Waals surface area contributed by atoms with Gasteiger partial charge in [-0.15, -0.1) is 0 Å². The molecular weight excluding hydrogens is 460 g/mol. The van der Waals surface area contributed by atoms with Gasteiger partial charge in [0.2, 0.25) is 5.78 Å². The number of nitrogen functional groups attached to an aromatic ring is 1. The highest BCUT2D eigenvalue weighted by Gasteiger charge is 2.20. The minimum Gasteiger partial charge on any atom is -0.435 e. The molecule has 1 aliphatic heterocycles. The van der Waals surface area contributed by atoms with Crippen molar-refractivity contribution in [2.24, 2.45) is 0 Å². The summed E-state index contributed by atoms with van der Waals surface area (Å²) in [6, 6.07) is 14.1. The van der Waals surface area contributed by atoms with Gasteiger partial charge in [0.05, 0.1) is 0 Å². The van der Waals surface area contributed by atoms with E-state index in [1.54, 1.807) is 0 Å². The molecule has 3 aromatic rings. The van der Waals surface area contributed by atoms with Crippen LogP contribution in [0.25, 0.3) is 0 Å². The van der Waals surface area contributed by atoms with E-state index in [1.807, 2.05) is 12.1 Å². The normalized spacial score (nSPS) is 14.6. The highest BCUT2D eigenvalue weighted by Crippen LogP contribution is 2.31. The number of carbonyl (C=O) groups is 1. The minimum absolute atomic E-state index is 0.0172. The average molecular weight is 488 g/mol. The standard InChI is InChI=1S/C24H27F2N5O2S/c1-15(2)30-11-13-31(14-12-30)18-7-5-17(6-8-18)28-24-29-22(27)21(34-24)20(32)16-3-9-19(10-4-16)33-23(25)26/h3-10,15,23H,11-14,27H2,1-2H3,(H,28,29). The van der Waals surface area contributed by atoms with E-state index in [9.17, 15) is 13.6 Å². The Bertz CT molecular complexity index is 1110. The highest BCUT2D eigenvalue weighted by molar-refractivity contribution is 7.18. The molecule has 10 heteroatoms. The quantitative estimate of drug-likeness (QED) is 0.440. The summed E-state index contributed by atoms with van der Waals surface area (Å²) in [7, 11) is 0. The second-order valence-corrected chi connectivity index (χ2v) is 9.25. The van der Waals surface area contributed by atoms with E-state index in [-0.39, 0.29) is 22.2 Å². The maximum Gasteiger partial charge on any atom is 0.387 e. The molecule has 0 amide bonds. The molecule has 1 aromatic heterocycles. The van der Waals surface area contributed by atoms with Crippen molar-refractivity contribution >= 4 is 39.4 Å². The van der Waals surface area contributed by atoms with Crippen molar-refractivity contribution in [2.45, 2.75) is 26.5 Å². The number of hydrogen-bond donors (Lipinski definition) is 2. The van der Waals surface area contributed by atoms with Crippen LogP contribution in [-0.2, 0) is 0 Å². The topological polar surface area (TPSA) is 83.7 Å². The summed E-state index contributed by atoms with van der Waals surface area (Å²) in [6.07, 6.45) is 0. The first-order valence-corrected chi connectivity index (χ1v) is 11.8. The van der Waals surface area contributed by atoms with Crippen LogP contribution in [0.2, 0.25) is 0 Å². The van der Waals surface area contributed by atoms with E-state index in [4.69, 9.17) is 5.73 Å². The molecule has 4 rings (SSSR count). The van der Waals surface area contributed by atoms with Crippen LogP contribution in [0.4, 0.5) is 31.1 Å². The van der Waals surface area contributed by atoms with Crippen molar-refractivity contribution in [1.82, 2.24) is 9.88 Å². The number of nitrogens with zero attached hydrogens (tertiary/aromatic N) is 3. The van der Waals surface area contributed by atoms with Crippen molar-refractivity contribution in [3.05, 3.63) is 59.0 Å². The molecule has 2 aromatic carbocycles. The fraction of sp³-hybridized carbons (Fsp3) is 0.333. The van der Waals surface area contributed by atoms with Gasteiger partial charge in [-0.25, -0.2) is 4.98 Å². The lowest BCUT2D eigenvalue weighted by molar-refractivity contribution is -0.0498. The van der Waals surface area contributed by atoms with E-state index in [1.165, 1.54) is 30.0 Å². The maximum atomic E-state index is 12.8. The Morgan fingerprint density at radius 2 is 1.71 bits per heavy atom. The van der Waals surface area contributed by atoms with Crippen LogP contribution in [0.5, 0.6) is 5.75 Å². The predicted molar refractivity (Wildman–Crippen MR) is 132 cm³/mol. The van der Waals surface area contributed by atoms with Crippen LogP contribution in [0.1, 0.15) is 29.1 Å². The lowest BCUT2D eigenvalue weighted by Gasteiger charge is -2.38. The minimum atomic E-state index is -2.92. The van der Waals surface area contributed by atoms with Gasteiger partial charge in [-0.05, 0) is 62.4 Å². The first kappa shape index (κ1) is 23.9. The number of hydrogen-bond acceptors (Lipinski definition) is 8. The number of alkyl halides is 2. The smallest absolute Gasteiger partial charge is 0.387 e. The second-order valence-electron chi connectivity index (χ2n) is 8.25. The van der Waals surface area contributed by atoms with Gasteiger partial charge in [-0.1, -0.05) is 11.3 Å². The van der Waals surface area contributed by atoms with Crippen molar-refractivity contribution in [2.75, 3.05) is 42.1 Å². The van der Waals surface area contributed by atoms with E-state index in [0.717, 1.165) is 43.2 Å². The van der Waals surface area contributed by atoms with E-state index < -0.39 is 6.61 Å². The molecule has 34 heavy (non-hydrogen) atoms. The molecule has 0 bridgehead atoms. The summed E-state index contributed by atoms with van der Waals surface area (Å²) >= 11 is 1.14. The molecule has 180 valence electrons. The summed E-state index contributed by atoms with van der Waals surface area (Å²) in [5.74, 6) is -0.232. The Kier molecular flexibility index (Phi) is 7.28. The third kappa shape index (κ3) is 5.63. The highest BCUT2D eigenvalue weighted by atomic mass is 32.1. The van der Waals surface area contributed by atoms with Gasteiger partial charge in [0, 0.05) is 49.2 Å². The van der Waals surface area contributed by atoms with Gasteiger partial charge >= 0.3 is 6.61 Å². The van der Waals surface area contributed by atoms with E-state index >= 15 is 0 Å². The molecule has 1 aliphatic rings. The van der Waals surface area contributed by atoms with Crippen LogP contribution >= 0.6 is 11.3 Å². The molecule has 1 saturated heterocycles. The molecule has 0 radical (unpaired) electrons. The number of nitrogens with one attached hydrogen (secondary N) is 1. The Hall–Kier alpha value is -3.24. The molecule has 0 aliphatic carbocycles. The van der Waals surface area contributed by atoms with Gasteiger partial charge in [0.1, 0.15) is 16.4 Å². The van der Waals surface area contributed by atoms with Crippen molar-refractivity contribution in [3.63, 3.8) is 0 Å². The van der Waals surface area contributed by atoms with Gasteiger partial charge in [0.25, 0.3) is 0 Å². The summed E-state index contributed by atoms with van der Waals surface area (Å²) in [5, 5.41) is 3.70. The monoisotopic (exact) mass is 487 g/mol. The number of aromatic nitrogens is 1. The zero-order chi connectivity index (χ0) is 24.2.